The maximum Gasteiger partial charge on any atom is 0.182 e. The van der Waals surface area contributed by atoms with Crippen LogP contribution in [0, 0.1) is 0 Å². The summed E-state index contributed by atoms with van der Waals surface area (Å²) in [6, 6.07) is 134. The molecule has 0 atom stereocenters. The molecule has 0 bridgehead atoms. The third-order valence-corrected chi connectivity index (χ3v) is 24.4. The number of hydrogen-bond donors (Lipinski definition) is 0. The van der Waals surface area contributed by atoms with Gasteiger partial charge in [-0.05, 0) is 145 Å². The first-order chi connectivity index (χ1) is 62.4. The zero-order valence-corrected chi connectivity index (χ0v) is 67.3. The van der Waals surface area contributed by atoms with Crippen molar-refractivity contribution in [3.63, 3.8) is 0 Å². The minimum atomic E-state index is 0.495. The van der Waals surface area contributed by atoms with Crippen molar-refractivity contribution < 1.29 is 8.83 Å². The highest BCUT2D eigenvalue weighted by Gasteiger charge is 2.27. The monoisotopic (exact) mass is 1610 g/mol. The smallest absolute Gasteiger partial charge is 0.182 e. The Morgan fingerprint density at radius 3 is 1.06 bits per heavy atom. The van der Waals surface area contributed by atoms with E-state index in [0.717, 1.165) is 186 Å². The van der Waals surface area contributed by atoms with Gasteiger partial charge in [0.05, 0.1) is 5.39 Å². The number of pyridine rings is 1. The second-order valence-corrected chi connectivity index (χ2v) is 31.9. The molecule has 0 amide bonds. The molecule has 26 aromatic rings. The molecule has 0 saturated carbocycles. The predicted octanol–water partition coefficient (Wildman–Crippen LogP) is 28.7. The van der Waals surface area contributed by atoms with Crippen molar-refractivity contribution >= 4 is 152 Å². The van der Waals surface area contributed by atoms with Gasteiger partial charge in [-0.25, -0.2) is 49.8 Å². The largest absolute Gasteiger partial charge is 0.451 e. The van der Waals surface area contributed by atoms with Crippen LogP contribution in [0.5, 0.6) is 0 Å². The Morgan fingerprint density at radius 2 is 0.516 bits per heavy atom. The van der Waals surface area contributed by atoms with Crippen molar-refractivity contribution in [1.82, 2.24) is 54.8 Å². The lowest BCUT2D eigenvalue weighted by molar-refractivity contribution is 0.670. The van der Waals surface area contributed by atoms with E-state index in [1.54, 1.807) is 6.20 Å². The summed E-state index contributed by atoms with van der Waals surface area (Å²) in [4.78, 5) is 56.5. The molecule has 126 heavy (non-hydrogen) atoms. The van der Waals surface area contributed by atoms with Crippen molar-refractivity contribution in [2.24, 2.45) is 0 Å². The molecule has 0 aliphatic carbocycles. The van der Waals surface area contributed by atoms with Crippen LogP contribution in [0.2, 0.25) is 0 Å². The summed E-state index contributed by atoms with van der Waals surface area (Å²) >= 11 is 0. The fourth-order valence-electron chi connectivity index (χ4n) is 18.3. The van der Waals surface area contributed by atoms with E-state index in [-0.39, 0.29) is 0 Å². The second kappa shape index (κ2) is 29.3. The predicted molar refractivity (Wildman–Crippen MR) is 513 cm³/mol. The fourth-order valence-corrected chi connectivity index (χ4v) is 18.3. The number of aromatic nitrogens is 11. The van der Waals surface area contributed by atoms with E-state index in [9.17, 15) is 0 Å². The average Bonchev–Trinajstić information content (AvgIpc) is 1.55. The molecule has 19 aromatic carbocycles. The van der Waals surface area contributed by atoms with Crippen LogP contribution in [-0.2, 0) is 0 Å². The molecule has 0 aliphatic heterocycles. The molecular formula is C113H65N11O2. The van der Waals surface area contributed by atoms with Gasteiger partial charge in [0.15, 0.2) is 57.8 Å². The van der Waals surface area contributed by atoms with Gasteiger partial charge in [-0.3, -0.25) is 4.98 Å². The number of furan rings is 2. The number of nitrogens with zero attached hydrogens (tertiary/aromatic N) is 11. The highest BCUT2D eigenvalue weighted by atomic mass is 16.3. The topological polar surface area (TPSA) is 168 Å². The molecule has 0 unspecified atom stereocenters. The molecule has 13 heteroatoms. The van der Waals surface area contributed by atoms with E-state index in [2.05, 4.69) is 327 Å². The molecule has 13 nitrogen and oxygen atoms in total. The van der Waals surface area contributed by atoms with E-state index >= 15 is 0 Å². The Kier molecular flexibility index (Phi) is 16.6. The summed E-state index contributed by atoms with van der Waals surface area (Å²) in [5.41, 5.74) is 14.7. The van der Waals surface area contributed by atoms with Crippen LogP contribution < -0.4 is 0 Å². The van der Waals surface area contributed by atoms with Crippen LogP contribution in [0.4, 0.5) is 0 Å². The van der Waals surface area contributed by atoms with Gasteiger partial charge < -0.3 is 8.83 Å². The summed E-state index contributed by atoms with van der Waals surface area (Å²) in [6.07, 6.45) is 1.76. The minimum absolute atomic E-state index is 0.495. The van der Waals surface area contributed by atoms with Crippen LogP contribution >= 0.6 is 0 Å². The molecule has 26 rings (SSSR count). The molecule has 0 fully saturated rings. The number of hydrogen-bond acceptors (Lipinski definition) is 13. The molecule has 0 N–H and O–H groups in total. The molecule has 0 spiro atoms. The molecule has 0 radical (unpaired) electrons. The lowest BCUT2D eigenvalue weighted by atomic mass is 9.94. The van der Waals surface area contributed by atoms with Crippen molar-refractivity contribution in [2.45, 2.75) is 0 Å². The van der Waals surface area contributed by atoms with E-state index in [1.807, 2.05) is 66.7 Å². The lowest BCUT2D eigenvalue weighted by Crippen LogP contribution is -2.01. The molecule has 584 valence electrons. The summed E-state index contributed by atoms with van der Waals surface area (Å²) in [5.74, 6) is 4.60. The maximum absolute atomic E-state index is 7.08. The van der Waals surface area contributed by atoms with Gasteiger partial charge in [0.25, 0.3) is 0 Å². The zero-order chi connectivity index (χ0) is 82.9. The minimum Gasteiger partial charge on any atom is -0.451 e. The van der Waals surface area contributed by atoms with E-state index in [0.29, 0.717) is 63.5 Å². The Bertz CT molecular complexity index is 8910. The third-order valence-electron chi connectivity index (χ3n) is 24.4. The van der Waals surface area contributed by atoms with Crippen molar-refractivity contribution in [1.29, 1.82) is 0 Å². The average molecular weight is 1610 g/mol. The Labute approximate surface area is 719 Å². The van der Waals surface area contributed by atoms with Gasteiger partial charge in [-0.2, -0.15) is 0 Å². The fraction of sp³-hybridized carbons (Fsp3) is 0. The van der Waals surface area contributed by atoms with Crippen LogP contribution in [0.1, 0.15) is 0 Å². The highest BCUT2D eigenvalue weighted by Crippen LogP contribution is 2.47. The van der Waals surface area contributed by atoms with Crippen molar-refractivity contribution in [2.75, 3.05) is 0 Å². The van der Waals surface area contributed by atoms with E-state index < -0.39 is 0 Å². The van der Waals surface area contributed by atoms with Gasteiger partial charge >= 0.3 is 0 Å². The van der Waals surface area contributed by atoms with Crippen LogP contribution in [0.3, 0.4) is 0 Å². The molecule has 7 heterocycles. The van der Waals surface area contributed by atoms with Crippen LogP contribution in [0.15, 0.2) is 403 Å². The van der Waals surface area contributed by atoms with Crippen LogP contribution in [0.25, 0.3) is 266 Å². The van der Waals surface area contributed by atoms with Gasteiger partial charge in [0.1, 0.15) is 39.3 Å². The summed E-state index contributed by atoms with van der Waals surface area (Å²) in [6.45, 7) is 0. The summed E-state index contributed by atoms with van der Waals surface area (Å²) in [5, 5.41) is 24.4. The first-order valence-corrected chi connectivity index (χ1v) is 42.0. The Hall–Kier alpha value is -17.3. The quantitative estimate of drug-likeness (QED) is 0.119. The van der Waals surface area contributed by atoms with Crippen molar-refractivity contribution in [3.8, 4) is 114 Å². The lowest BCUT2D eigenvalue weighted by Gasteiger charge is -2.13. The first-order valence-electron chi connectivity index (χ1n) is 42.0. The Morgan fingerprint density at radius 1 is 0.167 bits per heavy atom. The molecule has 0 saturated heterocycles. The first kappa shape index (κ1) is 71.6. The summed E-state index contributed by atoms with van der Waals surface area (Å²) in [7, 11) is 0. The SMILES string of the molecule is c1ccc(-c2nc(-c3ccc(-c4nc(-c5cc6ccccc6c6ccccc56)c5oc6c7ccccc7c7ccccc7c6c5n4)cc3)nc(-c3cc4ccccc4c4ccccc34)n2)nc1.c1ccc2cc(-c3nc(-c4ccc(-c5nc(-c6ccc7ccccc7c6)c6oc7c8ccccc8ccc7c6n5)cc4)nc(-c4ccc5ccccc5c4)n3)ccc2c1. The second-order valence-electron chi connectivity index (χ2n) is 31.9. The zero-order valence-electron chi connectivity index (χ0n) is 67.3. The van der Waals surface area contributed by atoms with E-state index in [1.165, 1.54) is 16.2 Å². The molecule has 0 aliphatic rings. The Balaban J connectivity index is 0.000000139. The van der Waals surface area contributed by atoms with Crippen LogP contribution in [-0.4, -0.2) is 54.8 Å². The van der Waals surface area contributed by atoms with Gasteiger partial charge in [0.2, 0.25) is 0 Å². The van der Waals surface area contributed by atoms with Gasteiger partial charge in [0, 0.05) is 72.4 Å². The summed E-state index contributed by atoms with van der Waals surface area (Å²) < 4.78 is 13.8. The number of fused-ring (bicyclic) bond motifs is 22. The highest BCUT2D eigenvalue weighted by molar-refractivity contribution is 6.31. The standard InChI is InChI=1S/C60H34N6O.C53H31N5O/c1-3-17-39-37(15-1)33-49(45-23-7-5-19-41(39)45)53-56-54(52-47-25-11-9-21-43(47)44-22-10-12-26-48(44)55(52)67-56)63-57(62-53)35-28-30-36(31-29-35)58-64-59(66-60(65-58)51-27-13-14-32-61-51)50-34-38-16-2-4-18-40(38)42-20-6-8-24-46(42)50;1-4-13-38-29-41(24-17-32(38)9-1)46-49-47(45-28-27-35-12-7-8-16-44(35)48(45)59-49)55-50(54-46)36-20-22-37(23-21-36)51-56-52(42-25-18-33-10-2-5-14-39(33)30-42)58-53(57-51)43-26-19-34-11-3-6-15-40(34)31-43/h1-34H;1-31H. The molecule has 7 aromatic heterocycles. The van der Waals surface area contributed by atoms with Gasteiger partial charge in [-0.1, -0.05) is 340 Å². The molecular weight excluding hydrogens is 1540 g/mol. The number of rotatable bonds is 10. The number of benzene rings is 19. The van der Waals surface area contributed by atoms with Crippen molar-refractivity contribution in [3.05, 3.63) is 394 Å². The normalized spacial score (nSPS) is 11.8. The van der Waals surface area contributed by atoms with Gasteiger partial charge in [-0.15, -0.1) is 0 Å². The third kappa shape index (κ3) is 12.2. The van der Waals surface area contributed by atoms with E-state index in [4.69, 9.17) is 58.7 Å². The maximum atomic E-state index is 7.08.